The summed E-state index contributed by atoms with van der Waals surface area (Å²) in [6, 6.07) is 2.25. The van der Waals surface area contributed by atoms with E-state index in [1.54, 1.807) is 7.05 Å². The molecule has 1 fully saturated rings. The number of rotatable bonds is 5. The minimum atomic E-state index is -4.45. The van der Waals surface area contributed by atoms with E-state index in [0.29, 0.717) is 38.4 Å². The van der Waals surface area contributed by atoms with Crippen LogP contribution in [0.15, 0.2) is 23.3 Å². The number of carbonyl (C=O) groups is 1. The summed E-state index contributed by atoms with van der Waals surface area (Å²) in [5.41, 5.74) is -0.792. The van der Waals surface area contributed by atoms with Gasteiger partial charge in [0.25, 0.3) is 0 Å². The molecule has 7 nitrogen and oxygen atoms in total. The zero-order chi connectivity index (χ0) is 19.9. The normalized spacial score (nSPS) is 16.2. The number of aliphatic imine (C=N–C) groups is 1. The molecule has 2 N–H and O–H groups in total. The Morgan fingerprint density at radius 1 is 1.37 bits per heavy atom. The molecule has 2 rings (SSSR count). The molecule has 150 valence electrons. The lowest BCUT2D eigenvalue weighted by atomic mass is 9.97. The van der Waals surface area contributed by atoms with Gasteiger partial charge in [0.15, 0.2) is 5.96 Å². The van der Waals surface area contributed by atoms with E-state index in [2.05, 4.69) is 20.6 Å². The Morgan fingerprint density at radius 3 is 2.67 bits per heavy atom. The lowest BCUT2D eigenvalue weighted by Gasteiger charge is -2.33. The van der Waals surface area contributed by atoms with E-state index in [1.807, 2.05) is 4.90 Å². The molecular formula is C17H24F3N5O2. The average molecular weight is 387 g/mol. The second-order valence-corrected chi connectivity index (χ2v) is 6.08. The van der Waals surface area contributed by atoms with Gasteiger partial charge >= 0.3 is 12.1 Å². The molecule has 1 aliphatic rings. The lowest BCUT2D eigenvalue weighted by molar-refractivity contribution is -0.146. The topological polar surface area (TPSA) is 78.9 Å². The van der Waals surface area contributed by atoms with Crippen molar-refractivity contribution in [1.29, 1.82) is 0 Å². The molecule has 0 atom stereocenters. The van der Waals surface area contributed by atoms with Crippen molar-refractivity contribution in [3.8, 4) is 0 Å². The van der Waals surface area contributed by atoms with Crippen LogP contribution in [0.5, 0.6) is 0 Å². The number of esters is 1. The first kappa shape index (κ1) is 20.8. The van der Waals surface area contributed by atoms with Gasteiger partial charge in [-0.1, -0.05) is 0 Å². The fraction of sp³-hybridized carbons (Fsp3) is 0.588. The van der Waals surface area contributed by atoms with E-state index < -0.39 is 11.7 Å². The summed E-state index contributed by atoms with van der Waals surface area (Å²) in [7, 11) is 3.02. The Kier molecular flexibility index (Phi) is 7.26. The molecule has 0 bridgehead atoms. The van der Waals surface area contributed by atoms with Crippen molar-refractivity contribution >= 4 is 17.7 Å². The zero-order valence-electron chi connectivity index (χ0n) is 15.3. The molecule has 0 saturated carbocycles. The van der Waals surface area contributed by atoms with Crippen molar-refractivity contribution in [2.24, 2.45) is 10.9 Å². The van der Waals surface area contributed by atoms with Gasteiger partial charge in [-0.15, -0.1) is 0 Å². The molecule has 10 heteroatoms. The SMILES string of the molecule is CN=C(NCCNc1ncccc1C(F)(F)F)N1CCC(C(=O)OC)CC1. The van der Waals surface area contributed by atoms with Crippen LogP contribution in [0.2, 0.25) is 0 Å². The number of halogens is 3. The summed E-state index contributed by atoms with van der Waals surface area (Å²) in [5.74, 6) is 0.159. The highest BCUT2D eigenvalue weighted by molar-refractivity contribution is 5.80. The van der Waals surface area contributed by atoms with Gasteiger partial charge in [-0.25, -0.2) is 4.98 Å². The minimum absolute atomic E-state index is 0.101. The monoisotopic (exact) mass is 387 g/mol. The third-order valence-corrected chi connectivity index (χ3v) is 4.35. The van der Waals surface area contributed by atoms with Crippen LogP contribution in [-0.2, 0) is 15.7 Å². The molecule has 0 aliphatic carbocycles. The second-order valence-electron chi connectivity index (χ2n) is 6.08. The highest BCUT2D eigenvalue weighted by Crippen LogP contribution is 2.33. The van der Waals surface area contributed by atoms with Gasteiger partial charge in [0.05, 0.1) is 18.6 Å². The maximum atomic E-state index is 12.9. The van der Waals surface area contributed by atoms with E-state index in [4.69, 9.17) is 4.74 Å². The van der Waals surface area contributed by atoms with Crippen LogP contribution in [0.3, 0.4) is 0 Å². The maximum Gasteiger partial charge on any atom is 0.419 e. The van der Waals surface area contributed by atoms with Gasteiger partial charge in [0, 0.05) is 39.4 Å². The van der Waals surface area contributed by atoms with E-state index in [9.17, 15) is 18.0 Å². The number of methoxy groups -OCH3 is 1. The summed E-state index contributed by atoms with van der Waals surface area (Å²) >= 11 is 0. The molecule has 1 aliphatic heterocycles. The van der Waals surface area contributed by atoms with Gasteiger partial charge in [-0.05, 0) is 25.0 Å². The standard InChI is InChI=1S/C17H24F3N5O2/c1-21-16(25-10-5-12(6-11-25)15(26)27-2)24-9-8-23-14-13(17(18,19)20)4-3-7-22-14/h3-4,7,12H,5-6,8-11H2,1-2H3,(H,21,24)(H,22,23). The predicted octanol–water partition coefficient (Wildman–Crippen LogP) is 1.97. The second kappa shape index (κ2) is 9.43. The molecule has 0 spiro atoms. The van der Waals surface area contributed by atoms with Crippen molar-refractivity contribution in [1.82, 2.24) is 15.2 Å². The van der Waals surface area contributed by atoms with Gasteiger partial charge in [-0.3, -0.25) is 9.79 Å². The van der Waals surface area contributed by atoms with Gasteiger partial charge in [0.2, 0.25) is 0 Å². The Balaban J connectivity index is 1.81. The number of anilines is 1. The number of ether oxygens (including phenoxy) is 1. The molecule has 1 aromatic heterocycles. The third-order valence-electron chi connectivity index (χ3n) is 4.35. The van der Waals surface area contributed by atoms with E-state index >= 15 is 0 Å². The summed E-state index contributed by atoms with van der Waals surface area (Å²) in [6.07, 6.45) is -1.79. The van der Waals surface area contributed by atoms with Crippen LogP contribution in [0.25, 0.3) is 0 Å². The van der Waals surface area contributed by atoms with Crippen LogP contribution >= 0.6 is 0 Å². The number of alkyl halides is 3. The van der Waals surface area contributed by atoms with Crippen molar-refractivity contribution < 1.29 is 22.7 Å². The van der Waals surface area contributed by atoms with Crippen LogP contribution in [0.1, 0.15) is 18.4 Å². The molecule has 0 radical (unpaired) electrons. The van der Waals surface area contributed by atoms with Gasteiger partial charge in [0.1, 0.15) is 5.82 Å². The van der Waals surface area contributed by atoms with Crippen molar-refractivity contribution in [2.45, 2.75) is 19.0 Å². The van der Waals surface area contributed by atoms with Crippen molar-refractivity contribution in [2.75, 3.05) is 45.7 Å². The number of likely N-dealkylation sites (tertiary alicyclic amines) is 1. The van der Waals surface area contributed by atoms with Crippen LogP contribution in [0.4, 0.5) is 19.0 Å². The maximum absolute atomic E-state index is 12.9. The lowest BCUT2D eigenvalue weighted by Crippen LogP contribution is -2.47. The molecular weight excluding hydrogens is 363 g/mol. The summed E-state index contributed by atoms with van der Waals surface area (Å²) in [5, 5.41) is 5.82. The molecule has 1 aromatic rings. The Labute approximate surface area is 156 Å². The van der Waals surface area contributed by atoms with E-state index in [1.165, 1.54) is 19.4 Å². The highest BCUT2D eigenvalue weighted by Gasteiger charge is 2.34. The molecule has 0 aromatic carbocycles. The van der Waals surface area contributed by atoms with Crippen molar-refractivity contribution in [3.05, 3.63) is 23.9 Å². The number of nitrogens with one attached hydrogen (secondary N) is 2. The fourth-order valence-electron chi connectivity index (χ4n) is 2.96. The fourth-order valence-corrected chi connectivity index (χ4v) is 2.96. The number of carbonyl (C=O) groups excluding carboxylic acids is 1. The summed E-state index contributed by atoms with van der Waals surface area (Å²) < 4.78 is 43.6. The van der Waals surface area contributed by atoms with E-state index in [0.717, 1.165) is 6.07 Å². The number of aromatic nitrogens is 1. The van der Waals surface area contributed by atoms with Crippen molar-refractivity contribution in [3.63, 3.8) is 0 Å². The Morgan fingerprint density at radius 2 is 2.07 bits per heavy atom. The average Bonchev–Trinajstić information content (AvgIpc) is 2.67. The third kappa shape index (κ3) is 5.73. The van der Waals surface area contributed by atoms with Gasteiger partial charge in [-0.2, -0.15) is 13.2 Å². The minimum Gasteiger partial charge on any atom is -0.469 e. The van der Waals surface area contributed by atoms with Gasteiger partial charge < -0.3 is 20.3 Å². The predicted molar refractivity (Wildman–Crippen MR) is 95.4 cm³/mol. The van der Waals surface area contributed by atoms with Crippen LogP contribution in [0, 0.1) is 5.92 Å². The number of piperidine rings is 1. The number of pyridine rings is 1. The Bertz CT molecular complexity index is 658. The number of hydrogen-bond donors (Lipinski definition) is 2. The van der Waals surface area contributed by atoms with E-state index in [-0.39, 0.29) is 24.2 Å². The first-order valence-electron chi connectivity index (χ1n) is 8.66. The smallest absolute Gasteiger partial charge is 0.419 e. The molecule has 27 heavy (non-hydrogen) atoms. The molecule has 0 unspecified atom stereocenters. The molecule has 2 heterocycles. The number of hydrogen-bond acceptors (Lipinski definition) is 5. The number of nitrogens with zero attached hydrogens (tertiary/aromatic N) is 3. The highest BCUT2D eigenvalue weighted by atomic mass is 19.4. The molecule has 1 saturated heterocycles. The first-order valence-corrected chi connectivity index (χ1v) is 8.66. The summed E-state index contributed by atoms with van der Waals surface area (Å²) in [4.78, 5) is 21.5. The first-order chi connectivity index (χ1) is 12.9. The van der Waals surface area contributed by atoms with Crippen LogP contribution in [-0.4, -0.2) is 62.1 Å². The quantitative estimate of drug-likeness (QED) is 0.348. The largest absolute Gasteiger partial charge is 0.469 e. The number of guanidine groups is 1. The zero-order valence-corrected chi connectivity index (χ0v) is 15.3. The summed E-state index contributed by atoms with van der Waals surface area (Å²) in [6.45, 7) is 1.94. The van der Waals surface area contributed by atoms with Crippen LogP contribution < -0.4 is 10.6 Å². The molecule has 0 amide bonds. The Hall–Kier alpha value is -2.52.